The molecule has 1 spiro atoms. The molecule has 2 atom stereocenters. The number of hydrogen-bond donors (Lipinski definition) is 1. The van der Waals surface area contributed by atoms with E-state index in [1.807, 2.05) is 9.80 Å². The van der Waals surface area contributed by atoms with Gasteiger partial charge in [-0.15, -0.1) is 0 Å². The third kappa shape index (κ3) is 4.76. The third-order valence-electron chi connectivity index (χ3n) is 7.68. The van der Waals surface area contributed by atoms with E-state index >= 15 is 0 Å². The van der Waals surface area contributed by atoms with Gasteiger partial charge in [-0.3, -0.25) is 5.10 Å². The van der Waals surface area contributed by atoms with Crippen LogP contribution in [0.5, 0.6) is 0 Å². The zero-order valence-corrected chi connectivity index (χ0v) is 20.2. The van der Waals surface area contributed by atoms with Gasteiger partial charge in [0.1, 0.15) is 12.2 Å². The summed E-state index contributed by atoms with van der Waals surface area (Å²) >= 11 is 0. The number of benzene rings is 1. The first-order chi connectivity index (χ1) is 16.4. The highest BCUT2D eigenvalue weighted by Crippen LogP contribution is 2.49. The van der Waals surface area contributed by atoms with E-state index in [0.717, 1.165) is 49.9 Å². The van der Waals surface area contributed by atoms with Gasteiger partial charge in [-0.2, -0.15) is 18.3 Å². The van der Waals surface area contributed by atoms with Gasteiger partial charge in [-0.1, -0.05) is 6.07 Å². The molecular weight excluding hydrogens is 483 g/mol. The van der Waals surface area contributed by atoms with E-state index < -0.39 is 26.5 Å². The van der Waals surface area contributed by atoms with Crippen LogP contribution in [0.15, 0.2) is 29.4 Å². The molecule has 8 nitrogen and oxygen atoms in total. The van der Waals surface area contributed by atoms with Gasteiger partial charge in [0, 0.05) is 43.8 Å². The van der Waals surface area contributed by atoms with E-state index in [1.54, 1.807) is 0 Å². The van der Waals surface area contributed by atoms with E-state index in [4.69, 9.17) is 0 Å². The Morgan fingerprint density at radius 3 is 2.66 bits per heavy atom. The first-order valence-corrected chi connectivity index (χ1v) is 13.6. The minimum atomic E-state index is -4.73. The van der Waals surface area contributed by atoms with Crippen LogP contribution in [0.1, 0.15) is 48.6 Å². The summed E-state index contributed by atoms with van der Waals surface area (Å²) in [6.07, 6.45) is 1.52. The second-order valence-electron chi connectivity index (χ2n) is 10.4. The van der Waals surface area contributed by atoms with Crippen molar-refractivity contribution in [3.63, 3.8) is 0 Å². The third-order valence-corrected chi connectivity index (χ3v) is 8.83. The lowest BCUT2D eigenvalue weighted by Gasteiger charge is -2.49. The summed E-state index contributed by atoms with van der Waals surface area (Å²) in [6.45, 7) is 2.64. The number of rotatable bonds is 4. The van der Waals surface area contributed by atoms with Gasteiger partial charge in [0.05, 0.1) is 10.5 Å². The number of aromatic amines is 1. The molecule has 2 aromatic rings. The minimum Gasteiger partial charge on any atom is -0.324 e. The molecule has 1 N–H and O–H groups in total. The van der Waals surface area contributed by atoms with Crippen molar-refractivity contribution in [2.75, 3.05) is 32.4 Å². The molecule has 12 heteroatoms. The Kier molecular flexibility index (Phi) is 5.84. The lowest BCUT2D eigenvalue weighted by atomic mass is 9.77. The summed E-state index contributed by atoms with van der Waals surface area (Å²) in [5, 5.41) is 6.76. The van der Waals surface area contributed by atoms with Crippen LogP contribution in [0.2, 0.25) is 0 Å². The predicted molar refractivity (Wildman–Crippen MR) is 120 cm³/mol. The van der Waals surface area contributed by atoms with E-state index in [1.165, 1.54) is 12.4 Å². The van der Waals surface area contributed by atoms with Crippen molar-refractivity contribution in [1.82, 2.24) is 25.0 Å². The van der Waals surface area contributed by atoms with Gasteiger partial charge in [0.25, 0.3) is 0 Å². The number of sulfone groups is 1. The van der Waals surface area contributed by atoms with Crippen LogP contribution < -0.4 is 0 Å². The topological polar surface area (TPSA) is 99.3 Å². The number of likely N-dealkylation sites (tertiary alicyclic amines) is 2. The van der Waals surface area contributed by atoms with Crippen molar-refractivity contribution < 1.29 is 26.4 Å². The Bertz CT molecular complexity index is 1210. The summed E-state index contributed by atoms with van der Waals surface area (Å²) in [7, 11) is -3.98. The number of urea groups is 1. The summed E-state index contributed by atoms with van der Waals surface area (Å²) < 4.78 is 64.1. The number of aromatic nitrogens is 3. The van der Waals surface area contributed by atoms with Gasteiger partial charge in [-0.05, 0) is 55.7 Å². The monoisotopic (exact) mass is 511 g/mol. The summed E-state index contributed by atoms with van der Waals surface area (Å²) in [5.41, 5.74) is -0.571. The summed E-state index contributed by atoms with van der Waals surface area (Å²) in [6, 6.07) is 3.58. The van der Waals surface area contributed by atoms with Crippen molar-refractivity contribution in [2.45, 2.75) is 49.1 Å². The van der Waals surface area contributed by atoms with Crippen molar-refractivity contribution in [1.29, 1.82) is 0 Å². The quantitative estimate of drug-likeness (QED) is 0.678. The standard InChI is InChI=1S/C23H28F3N5O3S/c1-35(33,34)19-3-2-15(9-18(19)23(24,25)26)8-16-4-6-22(10-16)12-31(13-22)21(32)30-7-5-17(11-30)20-27-14-28-29-20/h2-3,9,14,16-17H,4-8,10-13H2,1H3,(H,27,28,29)/t16?,17-/m0/s1. The molecular formula is C23H28F3N5O3S. The van der Waals surface area contributed by atoms with Gasteiger partial charge in [-0.25, -0.2) is 18.2 Å². The molecule has 3 heterocycles. The molecule has 5 rings (SSSR count). The first kappa shape index (κ1) is 24.1. The van der Waals surface area contributed by atoms with Crippen molar-refractivity contribution >= 4 is 15.9 Å². The maximum absolute atomic E-state index is 13.5. The van der Waals surface area contributed by atoms with Crippen molar-refractivity contribution in [3.8, 4) is 0 Å². The van der Waals surface area contributed by atoms with Crippen LogP contribution in [-0.4, -0.2) is 71.9 Å². The van der Waals surface area contributed by atoms with E-state index in [9.17, 15) is 26.4 Å². The SMILES string of the molecule is CS(=O)(=O)c1ccc(CC2CCC3(C2)CN(C(=O)N2CC[C@H](c4ncn[nH]4)C2)C3)cc1C(F)(F)F. The van der Waals surface area contributed by atoms with Crippen LogP contribution >= 0.6 is 0 Å². The van der Waals surface area contributed by atoms with Crippen LogP contribution in [0, 0.1) is 11.3 Å². The van der Waals surface area contributed by atoms with Gasteiger partial charge in [0.2, 0.25) is 0 Å². The molecule has 2 amide bonds. The second-order valence-corrected chi connectivity index (χ2v) is 12.3. The van der Waals surface area contributed by atoms with E-state index in [2.05, 4.69) is 15.2 Å². The normalized spacial score (nSPS) is 24.2. The number of amides is 2. The van der Waals surface area contributed by atoms with Crippen molar-refractivity contribution in [3.05, 3.63) is 41.5 Å². The average molecular weight is 512 g/mol. The molecule has 2 aliphatic heterocycles. The van der Waals surface area contributed by atoms with Crippen LogP contribution in [0.4, 0.5) is 18.0 Å². The Morgan fingerprint density at radius 1 is 1.23 bits per heavy atom. The number of nitrogens with one attached hydrogen (secondary N) is 1. The molecule has 1 saturated carbocycles. The zero-order chi connectivity index (χ0) is 25.0. The number of H-pyrrole nitrogens is 1. The molecule has 2 saturated heterocycles. The molecule has 1 aromatic heterocycles. The smallest absolute Gasteiger partial charge is 0.324 e. The highest BCUT2D eigenvalue weighted by Gasteiger charge is 2.50. The fraction of sp³-hybridized carbons (Fsp3) is 0.609. The number of nitrogens with zero attached hydrogens (tertiary/aromatic N) is 4. The van der Waals surface area contributed by atoms with Crippen LogP contribution in [0.25, 0.3) is 0 Å². The molecule has 1 aliphatic carbocycles. The fourth-order valence-corrected chi connectivity index (χ4v) is 6.93. The van der Waals surface area contributed by atoms with Crippen molar-refractivity contribution in [2.24, 2.45) is 11.3 Å². The molecule has 0 radical (unpaired) electrons. The largest absolute Gasteiger partial charge is 0.417 e. The van der Waals surface area contributed by atoms with Gasteiger partial charge < -0.3 is 9.80 Å². The fourth-order valence-electron chi connectivity index (χ4n) is 6.04. The molecule has 190 valence electrons. The molecule has 3 fully saturated rings. The number of carbonyl (C=O) groups is 1. The minimum absolute atomic E-state index is 0.0317. The number of halogens is 3. The summed E-state index contributed by atoms with van der Waals surface area (Å²) in [5.74, 6) is 1.18. The lowest BCUT2D eigenvalue weighted by Crippen LogP contribution is -2.60. The van der Waals surface area contributed by atoms with E-state index in [-0.39, 0.29) is 23.3 Å². The van der Waals surface area contributed by atoms with Gasteiger partial charge in [0.15, 0.2) is 9.84 Å². The predicted octanol–water partition coefficient (Wildman–Crippen LogP) is 3.48. The molecule has 3 aliphatic rings. The maximum atomic E-state index is 13.5. The Balaban J connectivity index is 1.18. The van der Waals surface area contributed by atoms with Crippen LogP contribution in [0.3, 0.4) is 0 Å². The first-order valence-electron chi connectivity index (χ1n) is 11.7. The molecule has 0 bridgehead atoms. The zero-order valence-electron chi connectivity index (χ0n) is 19.4. The Morgan fingerprint density at radius 2 is 2.00 bits per heavy atom. The lowest BCUT2D eigenvalue weighted by molar-refractivity contribution is -0.139. The highest BCUT2D eigenvalue weighted by atomic mass is 32.2. The van der Waals surface area contributed by atoms with Crippen LogP contribution in [-0.2, 0) is 22.4 Å². The Labute approximate surface area is 201 Å². The summed E-state index contributed by atoms with van der Waals surface area (Å²) in [4.78, 5) is 20.2. The number of hydrogen-bond acceptors (Lipinski definition) is 5. The second kappa shape index (κ2) is 8.49. The van der Waals surface area contributed by atoms with E-state index in [0.29, 0.717) is 38.2 Å². The highest BCUT2D eigenvalue weighted by molar-refractivity contribution is 7.90. The van der Waals surface area contributed by atoms with Gasteiger partial charge >= 0.3 is 12.2 Å². The number of carbonyl (C=O) groups excluding carboxylic acids is 1. The molecule has 1 aromatic carbocycles. The Hall–Kier alpha value is -2.63. The maximum Gasteiger partial charge on any atom is 0.417 e. The molecule has 1 unspecified atom stereocenters. The molecule has 35 heavy (non-hydrogen) atoms. The number of alkyl halides is 3. The average Bonchev–Trinajstić information content (AvgIpc) is 3.50.